The Hall–Kier alpha value is -0.590. The third kappa shape index (κ3) is 1.70. The summed E-state index contributed by atoms with van der Waals surface area (Å²) in [7, 11) is 0. The highest BCUT2D eigenvalue weighted by molar-refractivity contribution is 14.1. The molecule has 0 saturated heterocycles. The van der Waals surface area contributed by atoms with Gasteiger partial charge in [0.25, 0.3) is 0 Å². The summed E-state index contributed by atoms with van der Waals surface area (Å²) in [5, 5.41) is 2.61. The first-order chi connectivity index (χ1) is 6.08. The lowest BCUT2D eigenvalue weighted by Crippen LogP contribution is -2.37. The van der Waals surface area contributed by atoms with E-state index in [1.807, 2.05) is 22.6 Å². The summed E-state index contributed by atoms with van der Waals surface area (Å²) in [5.74, 6) is 0.236. The van der Waals surface area contributed by atoms with Gasteiger partial charge in [-0.25, -0.2) is 0 Å². The van der Waals surface area contributed by atoms with Gasteiger partial charge in [0.05, 0.1) is 9.26 Å². The molecule has 0 saturated carbocycles. The lowest BCUT2D eigenvalue weighted by atomic mass is 10.2. The number of benzene rings is 1. The van der Waals surface area contributed by atoms with Crippen LogP contribution in [-0.2, 0) is 0 Å². The molecule has 0 unspecified atom stereocenters. The molecule has 0 aromatic heterocycles. The van der Waals surface area contributed by atoms with Crippen LogP contribution in [0.1, 0.15) is 0 Å². The monoisotopic (exact) mass is 297 g/mol. The van der Waals surface area contributed by atoms with E-state index in [-0.39, 0.29) is 5.75 Å². The van der Waals surface area contributed by atoms with E-state index in [1.165, 1.54) is 0 Å². The van der Waals surface area contributed by atoms with Crippen LogP contribution < -0.4 is 10.1 Å². The van der Waals surface area contributed by atoms with Gasteiger partial charge in [-0.15, -0.1) is 0 Å². The molecule has 0 fully saturated rings. The Balaban J connectivity index is 2.44. The van der Waals surface area contributed by atoms with E-state index in [1.54, 1.807) is 18.2 Å². The number of alkyl halides is 2. The zero-order valence-corrected chi connectivity index (χ0v) is 8.64. The second-order valence-corrected chi connectivity index (χ2v) is 3.87. The lowest BCUT2D eigenvalue weighted by molar-refractivity contribution is -0.167. The van der Waals surface area contributed by atoms with Crippen molar-refractivity contribution in [2.75, 3.05) is 11.9 Å². The third-order valence-electron chi connectivity index (χ3n) is 1.70. The Kier molecular flexibility index (Phi) is 2.05. The van der Waals surface area contributed by atoms with E-state index in [0.717, 1.165) is 0 Å². The van der Waals surface area contributed by atoms with Crippen molar-refractivity contribution in [2.24, 2.45) is 0 Å². The highest BCUT2D eigenvalue weighted by atomic mass is 127. The van der Waals surface area contributed by atoms with Crippen LogP contribution in [0.5, 0.6) is 5.75 Å². The number of ether oxygens (including phenoxy) is 1. The van der Waals surface area contributed by atoms with Crippen molar-refractivity contribution in [3.05, 3.63) is 21.8 Å². The summed E-state index contributed by atoms with van der Waals surface area (Å²) in [6.07, 6.45) is -3.10. The number of fused-ring (bicyclic) bond motifs is 1. The number of rotatable bonds is 0. The first kappa shape index (κ1) is 8.98. The number of hydrogen-bond acceptors (Lipinski definition) is 2. The molecule has 0 aliphatic carbocycles. The molecule has 1 aliphatic heterocycles. The molecule has 2 rings (SSSR count). The first-order valence-electron chi connectivity index (χ1n) is 3.68. The Labute approximate surface area is 87.4 Å². The molecule has 0 bridgehead atoms. The maximum absolute atomic E-state index is 12.8. The topological polar surface area (TPSA) is 21.3 Å². The van der Waals surface area contributed by atoms with Crippen molar-refractivity contribution < 1.29 is 13.5 Å². The SMILES string of the molecule is FC1(F)CNc2cccc(I)c2O1. The summed E-state index contributed by atoms with van der Waals surface area (Å²) in [6.45, 7) is -0.472. The number of para-hydroxylation sites is 1. The minimum Gasteiger partial charge on any atom is -0.428 e. The minimum absolute atomic E-state index is 0.236. The molecular weight excluding hydrogens is 291 g/mol. The van der Waals surface area contributed by atoms with Crippen molar-refractivity contribution in [2.45, 2.75) is 6.11 Å². The third-order valence-corrected chi connectivity index (χ3v) is 2.55. The maximum atomic E-state index is 12.8. The Morgan fingerprint density at radius 2 is 2.23 bits per heavy atom. The average molecular weight is 297 g/mol. The number of anilines is 1. The van der Waals surface area contributed by atoms with E-state index >= 15 is 0 Å². The predicted octanol–water partition coefficient (Wildman–Crippen LogP) is 2.69. The van der Waals surface area contributed by atoms with Crippen LogP contribution in [0, 0.1) is 3.57 Å². The van der Waals surface area contributed by atoms with Crippen molar-refractivity contribution in [1.82, 2.24) is 0 Å². The number of halogens is 3. The van der Waals surface area contributed by atoms with Gasteiger partial charge in [-0.1, -0.05) is 6.07 Å². The van der Waals surface area contributed by atoms with Gasteiger partial charge in [0.15, 0.2) is 5.75 Å². The molecule has 5 heteroatoms. The fourth-order valence-electron chi connectivity index (χ4n) is 1.14. The lowest BCUT2D eigenvalue weighted by Gasteiger charge is -2.27. The fraction of sp³-hybridized carbons (Fsp3) is 0.250. The Morgan fingerprint density at radius 1 is 1.46 bits per heavy atom. The van der Waals surface area contributed by atoms with E-state index in [2.05, 4.69) is 10.1 Å². The van der Waals surface area contributed by atoms with Crippen molar-refractivity contribution in [1.29, 1.82) is 0 Å². The molecule has 1 heterocycles. The van der Waals surface area contributed by atoms with Gasteiger partial charge in [-0.3, -0.25) is 0 Å². The minimum atomic E-state index is -3.10. The van der Waals surface area contributed by atoms with Crippen molar-refractivity contribution in [3.8, 4) is 5.75 Å². The van der Waals surface area contributed by atoms with E-state index in [4.69, 9.17) is 0 Å². The standard InChI is InChI=1S/C8H6F2INO/c9-8(10)4-12-6-3-1-2-5(11)7(6)13-8/h1-3,12H,4H2. The predicted molar refractivity (Wildman–Crippen MR) is 53.2 cm³/mol. The zero-order valence-electron chi connectivity index (χ0n) is 6.48. The van der Waals surface area contributed by atoms with Gasteiger partial charge in [0.1, 0.15) is 6.54 Å². The molecule has 0 atom stereocenters. The summed E-state index contributed by atoms with van der Waals surface area (Å²) < 4.78 is 30.8. The molecule has 1 N–H and O–H groups in total. The van der Waals surface area contributed by atoms with Crippen LogP contribution in [0.2, 0.25) is 0 Å². The van der Waals surface area contributed by atoms with Crippen LogP contribution in [-0.4, -0.2) is 12.7 Å². The molecule has 1 aromatic rings. The van der Waals surface area contributed by atoms with Gasteiger partial charge in [0.2, 0.25) is 0 Å². The zero-order chi connectivity index (χ0) is 9.47. The van der Waals surface area contributed by atoms with Crippen LogP contribution in [0.25, 0.3) is 0 Å². The summed E-state index contributed by atoms with van der Waals surface area (Å²) >= 11 is 1.96. The molecule has 0 spiro atoms. The summed E-state index contributed by atoms with van der Waals surface area (Å²) in [6, 6.07) is 5.23. The van der Waals surface area contributed by atoms with Crippen molar-refractivity contribution in [3.63, 3.8) is 0 Å². The fourth-order valence-corrected chi connectivity index (χ4v) is 1.74. The molecular formula is C8H6F2INO. The summed E-state index contributed by atoms with van der Waals surface area (Å²) in [4.78, 5) is 0. The van der Waals surface area contributed by atoms with Gasteiger partial charge < -0.3 is 10.1 Å². The average Bonchev–Trinajstić information content (AvgIpc) is 2.06. The maximum Gasteiger partial charge on any atom is 0.415 e. The highest BCUT2D eigenvalue weighted by Crippen LogP contribution is 2.37. The van der Waals surface area contributed by atoms with Crippen LogP contribution in [0.4, 0.5) is 14.5 Å². The number of nitrogens with one attached hydrogen (secondary N) is 1. The molecule has 0 radical (unpaired) electrons. The van der Waals surface area contributed by atoms with E-state index in [9.17, 15) is 8.78 Å². The van der Waals surface area contributed by atoms with E-state index in [0.29, 0.717) is 9.26 Å². The largest absolute Gasteiger partial charge is 0.428 e. The molecule has 2 nitrogen and oxygen atoms in total. The van der Waals surface area contributed by atoms with Gasteiger partial charge >= 0.3 is 6.11 Å². The Morgan fingerprint density at radius 3 is 3.00 bits per heavy atom. The second kappa shape index (κ2) is 2.97. The van der Waals surface area contributed by atoms with Gasteiger partial charge in [-0.2, -0.15) is 8.78 Å². The molecule has 70 valence electrons. The van der Waals surface area contributed by atoms with Gasteiger partial charge in [-0.05, 0) is 34.7 Å². The molecule has 1 aromatic carbocycles. The van der Waals surface area contributed by atoms with Gasteiger partial charge in [0, 0.05) is 0 Å². The molecule has 0 amide bonds. The van der Waals surface area contributed by atoms with Crippen LogP contribution >= 0.6 is 22.6 Å². The van der Waals surface area contributed by atoms with Crippen molar-refractivity contribution >= 4 is 28.3 Å². The summed E-state index contributed by atoms with van der Waals surface area (Å²) in [5.41, 5.74) is 0.623. The smallest absolute Gasteiger partial charge is 0.415 e. The van der Waals surface area contributed by atoms with Crippen LogP contribution in [0.3, 0.4) is 0 Å². The normalized spacial score (nSPS) is 18.4. The highest BCUT2D eigenvalue weighted by Gasteiger charge is 2.36. The second-order valence-electron chi connectivity index (χ2n) is 2.71. The number of hydrogen-bond donors (Lipinski definition) is 1. The quantitative estimate of drug-likeness (QED) is 0.743. The van der Waals surface area contributed by atoms with Crippen LogP contribution in [0.15, 0.2) is 18.2 Å². The Bertz CT molecular complexity index is 343. The first-order valence-corrected chi connectivity index (χ1v) is 4.76. The molecule has 1 aliphatic rings. The molecule has 13 heavy (non-hydrogen) atoms. The van der Waals surface area contributed by atoms with E-state index < -0.39 is 12.7 Å².